The van der Waals surface area contributed by atoms with Crippen LogP contribution in [-0.4, -0.2) is 17.7 Å². The Balaban J connectivity index is 0.000000278. The Morgan fingerprint density at radius 1 is 0.622 bits per heavy atom. The van der Waals surface area contributed by atoms with E-state index in [1.165, 1.54) is 24.3 Å². The van der Waals surface area contributed by atoms with Crippen LogP contribution in [0, 0.1) is 0 Å². The number of carbonyl (C=O) groups excluding carboxylic acids is 1. The molecule has 3 aromatic rings. The van der Waals surface area contributed by atoms with Crippen molar-refractivity contribution < 1.29 is 49.5 Å². The lowest BCUT2D eigenvalue weighted by Gasteiger charge is -2.06. The molecule has 0 saturated heterocycles. The van der Waals surface area contributed by atoms with Crippen LogP contribution in [0.1, 0.15) is 38.2 Å². The number of aldehydes is 1. The summed E-state index contributed by atoms with van der Waals surface area (Å²) in [5.74, 6) is 0. The Morgan fingerprint density at radius 3 is 1.22 bits per heavy atom. The van der Waals surface area contributed by atoms with Crippen molar-refractivity contribution in [3.63, 3.8) is 0 Å². The number of hydrogen-bond acceptors (Lipinski definition) is 4. The fourth-order valence-corrected chi connectivity index (χ4v) is 2.41. The molecule has 0 atom stereocenters. The third kappa shape index (κ3) is 11.2. The summed E-state index contributed by atoms with van der Waals surface area (Å²) < 4.78 is 108. The zero-order chi connectivity index (χ0) is 28.3. The quantitative estimate of drug-likeness (QED) is 0.122. The summed E-state index contributed by atoms with van der Waals surface area (Å²) in [5.41, 5.74) is 4.47. The molecule has 0 radical (unpaired) electrons. The monoisotopic (exact) mass is 538 g/mol. The Morgan fingerprint density at radius 2 is 0.946 bits per heavy atom. The van der Waals surface area contributed by atoms with Crippen LogP contribution in [0.25, 0.3) is 0 Å². The fraction of sp³-hybridized carbons (Fsp3) is 0.167. The largest absolute Gasteiger partial charge is 0.416 e. The fourth-order valence-electron chi connectivity index (χ4n) is 2.41. The maximum atomic E-state index is 12.0. The zero-order valence-electron chi connectivity index (χ0n) is 18.6. The van der Waals surface area contributed by atoms with E-state index in [4.69, 9.17) is 10.9 Å². The van der Waals surface area contributed by atoms with Gasteiger partial charge in [-0.1, -0.05) is 41.6 Å². The number of hydrogen-bond donors (Lipinski definition) is 2. The lowest BCUT2D eigenvalue weighted by atomic mass is 10.1. The minimum Gasteiger partial charge on any atom is -0.411 e. The highest BCUT2D eigenvalue weighted by molar-refractivity contribution is 5.79. The molecule has 0 fully saturated rings. The van der Waals surface area contributed by atoms with Crippen molar-refractivity contribution in [3.05, 3.63) is 106 Å². The van der Waals surface area contributed by atoms with Gasteiger partial charge in [0.15, 0.2) is 0 Å². The highest BCUT2D eigenvalue weighted by Gasteiger charge is 2.31. The van der Waals surface area contributed by atoms with Gasteiger partial charge in [-0.25, -0.2) is 0 Å². The van der Waals surface area contributed by atoms with Crippen LogP contribution in [0.2, 0.25) is 0 Å². The van der Waals surface area contributed by atoms with E-state index in [9.17, 15) is 44.3 Å². The maximum Gasteiger partial charge on any atom is 0.416 e. The van der Waals surface area contributed by atoms with Crippen LogP contribution in [-0.2, 0) is 25.1 Å². The first-order valence-corrected chi connectivity index (χ1v) is 9.95. The van der Waals surface area contributed by atoms with Gasteiger partial charge < -0.3 is 10.9 Å². The molecular weight excluding hydrogens is 519 g/mol. The summed E-state index contributed by atoms with van der Waals surface area (Å²) in [6, 6.07) is 13.1. The van der Waals surface area contributed by atoms with Crippen LogP contribution in [0.5, 0.6) is 0 Å². The lowest BCUT2D eigenvalue weighted by Crippen LogP contribution is -2.05. The van der Waals surface area contributed by atoms with E-state index in [2.05, 4.69) is 5.16 Å². The smallest absolute Gasteiger partial charge is 0.411 e. The van der Waals surface area contributed by atoms with Gasteiger partial charge in [-0.15, -0.1) is 0 Å². The molecule has 0 amide bonds. The van der Waals surface area contributed by atoms with Crippen molar-refractivity contribution in [1.29, 1.82) is 0 Å². The van der Waals surface area contributed by atoms with Crippen LogP contribution < -0.4 is 5.73 Å². The average Bonchev–Trinajstić information content (AvgIpc) is 2.84. The molecular formula is C24H19F9N2O2. The van der Waals surface area contributed by atoms with Gasteiger partial charge in [0.1, 0.15) is 6.29 Å². The molecule has 0 bridgehead atoms. The number of carbonyl (C=O) groups is 1. The molecule has 0 aliphatic heterocycles. The molecule has 0 saturated carbocycles. The summed E-state index contributed by atoms with van der Waals surface area (Å²) in [6.07, 6.45) is -11.4. The van der Waals surface area contributed by atoms with Crippen LogP contribution in [0.15, 0.2) is 78.0 Å². The molecule has 3 N–H and O–H groups in total. The van der Waals surface area contributed by atoms with Gasteiger partial charge in [-0.2, -0.15) is 39.5 Å². The van der Waals surface area contributed by atoms with E-state index in [1.54, 1.807) is 0 Å². The first-order valence-electron chi connectivity index (χ1n) is 9.95. The number of rotatable bonds is 3. The van der Waals surface area contributed by atoms with E-state index in [0.717, 1.165) is 54.7 Å². The Kier molecular flexibility index (Phi) is 11.3. The van der Waals surface area contributed by atoms with Crippen LogP contribution in [0.3, 0.4) is 0 Å². The van der Waals surface area contributed by atoms with Gasteiger partial charge in [0, 0.05) is 12.1 Å². The molecule has 3 aromatic carbocycles. The van der Waals surface area contributed by atoms with Crippen molar-refractivity contribution in [2.75, 3.05) is 0 Å². The van der Waals surface area contributed by atoms with E-state index in [-0.39, 0.29) is 12.1 Å². The molecule has 0 aliphatic rings. The third-order valence-electron chi connectivity index (χ3n) is 4.34. The third-order valence-corrected chi connectivity index (χ3v) is 4.34. The van der Waals surface area contributed by atoms with E-state index < -0.39 is 35.2 Å². The SMILES string of the molecule is NCc1ccc(C(F)(F)F)cc1.O/N=C/c1ccc(C(F)(F)F)cc1.O=Cc1ccc(C(F)(F)F)cc1. The van der Waals surface area contributed by atoms with Gasteiger partial charge >= 0.3 is 18.5 Å². The molecule has 4 nitrogen and oxygen atoms in total. The minimum absolute atomic E-state index is 0.239. The number of nitrogens with zero attached hydrogens (tertiary/aromatic N) is 1. The number of alkyl halides is 9. The summed E-state index contributed by atoms with van der Waals surface area (Å²) in [6.45, 7) is 0.262. The molecule has 3 rings (SSSR count). The first-order chi connectivity index (χ1) is 17.1. The predicted molar refractivity (Wildman–Crippen MR) is 117 cm³/mol. The van der Waals surface area contributed by atoms with Gasteiger partial charge in [-0.05, 0) is 47.5 Å². The predicted octanol–water partition coefficient (Wildman–Crippen LogP) is 7.20. The second-order valence-corrected chi connectivity index (χ2v) is 7.00. The lowest BCUT2D eigenvalue weighted by molar-refractivity contribution is -0.138. The molecule has 0 aliphatic carbocycles. The normalized spacial score (nSPS) is 11.7. The van der Waals surface area contributed by atoms with Crippen LogP contribution in [0.4, 0.5) is 39.5 Å². The van der Waals surface area contributed by atoms with E-state index in [1.807, 2.05) is 0 Å². The highest BCUT2D eigenvalue weighted by atomic mass is 19.4. The first kappa shape index (κ1) is 31.2. The topological polar surface area (TPSA) is 75.7 Å². The van der Waals surface area contributed by atoms with Crippen molar-refractivity contribution in [2.24, 2.45) is 10.9 Å². The van der Waals surface area contributed by atoms with Crippen molar-refractivity contribution in [2.45, 2.75) is 25.1 Å². The molecule has 0 spiro atoms. The summed E-state index contributed by atoms with van der Waals surface area (Å²) >= 11 is 0. The summed E-state index contributed by atoms with van der Waals surface area (Å²) in [7, 11) is 0. The molecule has 0 aromatic heterocycles. The van der Waals surface area contributed by atoms with E-state index in [0.29, 0.717) is 17.4 Å². The Bertz CT molecular complexity index is 1120. The van der Waals surface area contributed by atoms with Gasteiger partial charge in [0.2, 0.25) is 0 Å². The molecule has 13 heteroatoms. The van der Waals surface area contributed by atoms with Crippen LogP contribution >= 0.6 is 0 Å². The van der Waals surface area contributed by atoms with E-state index >= 15 is 0 Å². The highest BCUT2D eigenvalue weighted by Crippen LogP contribution is 2.30. The molecule has 0 unspecified atom stereocenters. The zero-order valence-corrected chi connectivity index (χ0v) is 18.6. The average molecular weight is 538 g/mol. The maximum absolute atomic E-state index is 12.0. The molecule has 200 valence electrons. The van der Waals surface area contributed by atoms with Crippen molar-refractivity contribution >= 4 is 12.5 Å². The minimum atomic E-state index is -4.33. The van der Waals surface area contributed by atoms with Gasteiger partial charge in [0.25, 0.3) is 0 Å². The van der Waals surface area contributed by atoms with Crippen molar-refractivity contribution in [1.82, 2.24) is 0 Å². The number of oxime groups is 1. The van der Waals surface area contributed by atoms with Crippen molar-refractivity contribution in [3.8, 4) is 0 Å². The summed E-state index contributed by atoms with van der Waals surface area (Å²) in [4.78, 5) is 10.1. The molecule has 0 heterocycles. The second-order valence-electron chi connectivity index (χ2n) is 7.00. The Hall–Kier alpha value is -3.87. The Labute approximate surface area is 204 Å². The second kappa shape index (κ2) is 13.4. The summed E-state index contributed by atoms with van der Waals surface area (Å²) in [5, 5.41) is 10.8. The number of benzene rings is 3. The number of halogens is 9. The number of nitrogens with two attached hydrogens (primary N) is 1. The van der Waals surface area contributed by atoms with Gasteiger partial charge in [-0.3, -0.25) is 4.79 Å². The standard InChI is InChI=1S/C8H6F3NO.C8H8F3N.C8H5F3O/c9-8(10,11)7-3-1-6(2-4-7)5-12-13;2*9-8(10,11)7-3-1-6(5-12)2-4-7/h1-5,13H;1-4H,5,12H2;1-5H/b12-5+;;. The van der Waals surface area contributed by atoms with Gasteiger partial charge in [0.05, 0.1) is 22.9 Å². The molecule has 37 heavy (non-hydrogen) atoms.